The van der Waals surface area contributed by atoms with Crippen LogP contribution in [-0.4, -0.2) is 48.6 Å². The molecule has 1 atom stereocenters. The quantitative estimate of drug-likeness (QED) is 0.675. The Labute approximate surface area is 149 Å². The predicted octanol–water partition coefficient (Wildman–Crippen LogP) is 4.17. The maximum absolute atomic E-state index is 5.89. The van der Waals surface area contributed by atoms with Crippen LogP contribution in [0, 0.1) is 5.92 Å². The van der Waals surface area contributed by atoms with E-state index in [1.165, 1.54) is 50.3 Å². The van der Waals surface area contributed by atoms with Crippen LogP contribution in [0.5, 0.6) is 0 Å². The van der Waals surface area contributed by atoms with Crippen molar-refractivity contribution >= 4 is 0 Å². The molecular weight excluding hydrogens is 296 g/mol. The standard InChI is InChI=1S/C21H36N2O/c1-5-6-19(4)24-17-21-9-7-20(8-10-21)16-23-13-11-22(12-14-23)15-18(2)3/h7-10,18-19H,5-6,11-17H2,1-4H3. The molecule has 0 amide bonds. The van der Waals surface area contributed by atoms with Gasteiger partial charge in [0.15, 0.2) is 0 Å². The molecule has 0 radical (unpaired) electrons. The minimum absolute atomic E-state index is 0.358. The van der Waals surface area contributed by atoms with Crippen molar-refractivity contribution in [1.82, 2.24) is 9.80 Å². The van der Waals surface area contributed by atoms with Gasteiger partial charge in [-0.3, -0.25) is 4.90 Å². The molecule has 3 nitrogen and oxygen atoms in total. The van der Waals surface area contributed by atoms with Gasteiger partial charge in [-0.1, -0.05) is 51.5 Å². The molecule has 1 saturated heterocycles. The first-order valence-corrected chi connectivity index (χ1v) is 9.71. The largest absolute Gasteiger partial charge is 0.374 e. The van der Waals surface area contributed by atoms with Gasteiger partial charge in [0.2, 0.25) is 0 Å². The van der Waals surface area contributed by atoms with Crippen molar-refractivity contribution in [3.8, 4) is 0 Å². The lowest BCUT2D eigenvalue weighted by Crippen LogP contribution is -2.46. The molecular formula is C21H36N2O. The van der Waals surface area contributed by atoms with Crippen molar-refractivity contribution < 1.29 is 4.74 Å². The number of nitrogens with zero attached hydrogens (tertiary/aromatic N) is 2. The Kier molecular flexibility index (Phi) is 8.23. The molecule has 0 N–H and O–H groups in total. The molecule has 1 aromatic carbocycles. The predicted molar refractivity (Wildman–Crippen MR) is 102 cm³/mol. The number of ether oxygens (including phenoxy) is 1. The van der Waals surface area contributed by atoms with Crippen LogP contribution in [0.1, 0.15) is 51.7 Å². The molecule has 3 heteroatoms. The average Bonchev–Trinajstić information content (AvgIpc) is 2.56. The van der Waals surface area contributed by atoms with Gasteiger partial charge in [-0.05, 0) is 30.4 Å². The lowest BCUT2D eigenvalue weighted by molar-refractivity contribution is 0.0471. The molecule has 1 aliphatic heterocycles. The van der Waals surface area contributed by atoms with Crippen molar-refractivity contribution in [2.75, 3.05) is 32.7 Å². The Morgan fingerprint density at radius 1 is 0.917 bits per heavy atom. The number of hydrogen-bond acceptors (Lipinski definition) is 3. The highest BCUT2D eigenvalue weighted by Crippen LogP contribution is 2.13. The Hall–Kier alpha value is -0.900. The molecule has 0 spiro atoms. The molecule has 136 valence electrons. The zero-order valence-corrected chi connectivity index (χ0v) is 16.1. The van der Waals surface area contributed by atoms with Crippen LogP contribution < -0.4 is 0 Å². The van der Waals surface area contributed by atoms with Crippen molar-refractivity contribution in [3.63, 3.8) is 0 Å². The smallest absolute Gasteiger partial charge is 0.0720 e. The van der Waals surface area contributed by atoms with E-state index in [9.17, 15) is 0 Å². The van der Waals surface area contributed by atoms with Gasteiger partial charge in [-0.15, -0.1) is 0 Å². The Morgan fingerprint density at radius 3 is 2.08 bits per heavy atom. The molecule has 1 fully saturated rings. The molecule has 1 unspecified atom stereocenters. The summed E-state index contributed by atoms with van der Waals surface area (Å²) < 4.78 is 5.89. The summed E-state index contributed by atoms with van der Waals surface area (Å²) in [4.78, 5) is 5.17. The summed E-state index contributed by atoms with van der Waals surface area (Å²) in [6.45, 7) is 16.8. The van der Waals surface area contributed by atoms with Crippen LogP contribution in [0.3, 0.4) is 0 Å². The third kappa shape index (κ3) is 6.92. The fourth-order valence-corrected chi connectivity index (χ4v) is 3.37. The molecule has 0 aromatic heterocycles. The van der Waals surface area contributed by atoms with E-state index in [4.69, 9.17) is 4.74 Å². The third-order valence-electron chi connectivity index (χ3n) is 4.75. The molecule has 24 heavy (non-hydrogen) atoms. The van der Waals surface area contributed by atoms with Crippen LogP contribution >= 0.6 is 0 Å². The number of hydrogen-bond donors (Lipinski definition) is 0. The minimum atomic E-state index is 0.358. The molecule has 1 aliphatic rings. The van der Waals surface area contributed by atoms with Gasteiger partial charge < -0.3 is 9.64 Å². The molecule has 2 rings (SSSR count). The van der Waals surface area contributed by atoms with Crippen LogP contribution in [0.2, 0.25) is 0 Å². The second-order valence-corrected chi connectivity index (χ2v) is 7.70. The van der Waals surface area contributed by atoms with Gasteiger partial charge in [0.25, 0.3) is 0 Å². The van der Waals surface area contributed by atoms with Gasteiger partial charge in [-0.25, -0.2) is 0 Å². The summed E-state index contributed by atoms with van der Waals surface area (Å²) >= 11 is 0. The normalized spacial score (nSPS) is 18.2. The fourth-order valence-electron chi connectivity index (χ4n) is 3.37. The topological polar surface area (TPSA) is 15.7 Å². The Bertz CT molecular complexity index is 449. The second-order valence-electron chi connectivity index (χ2n) is 7.70. The van der Waals surface area contributed by atoms with Crippen molar-refractivity contribution in [1.29, 1.82) is 0 Å². The fraction of sp³-hybridized carbons (Fsp3) is 0.714. The van der Waals surface area contributed by atoms with E-state index in [2.05, 4.69) is 61.8 Å². The van der Waals surface area contributed by atoms with E-state index in [1.807, 2.05) is 0 Å². The van der Waals surface area contributed by atoms with Gasteiger partial charge >= 0.3 is 0 Å². The van der Waals surface area contributed by atoms with E-state index < -0.39 is 0 Å². The first-order chi connectivity index (χ1) is 11.6. The summed E-state index contributed by atoms with van der Waals surface area (Å²) in [6.07, 6.45) is 2.68. The summed E-state index contributed by atoms with van der Waals surface area (Å²) in [5.74, 6) is 0.770. The lowest BCUT2D eigenvalue weighted by atomic mass is 10.1. The van der Waals surface area contributed by atoms with E-state index in [0.717, 1.165) is 25.5 Å². The molecule has 0 aliphatic carbocycles. The molecule has 0 saturated carbocycles. The zero-order chi connectivity index (χ0) is 17.4. The van der Waals surface area contributed by atoms with E-state index in [1.54, 1.807) is 0 Å². The molecule has 1 heterocycles. The van der Waals surface area contributed by atoms with E-state index in [0.29, 0.717) is 6.10 Å². The van der Waals surface area contributed by atoms with Crippen molar-refractivity contribution in [2.45, 2.75) is 59.8 Å². The average molecular weight is 333 g/mol. The SMILES string of the molecule is CCCC(C)OCc1ccc(CN2CCN(CC(C)C)CC2)cc1. The zero-order valence-electron chi connectivity index (χ0n) is 16.1. The summed E-state index contributed by atoms with van der Waals surface area (Å²) in [5.41, 5.74) is 2.70. The number of piperazine rings is 1. The minimum Gasteiger partial charge on any atom is -0.374 e. The van der Waals surface area contributed by atoms with Crippen LogP contribution in [-0.2, 0) is 17.9 Å². The number of benzene rings is 1. The van der Waals surface area contributed by atoms with E-state index >= 15 is 0 Å². The van der Waals surface area contributed by atoms with Crippen LogP contribution in [0.25, 0.3) is 0 Å². The first-order valence-electron chi connectivity index (χ1n) is 9.71. The van der Waals surface area contributed by atoms with Gasteiger partial charge in [0, 0.05) is 39.3 Å². The van der Waals surface area contributed by atoms with Crippen LogP contribution in [0.15, 0.2) is 24.3 Å². The van der Waals surface area contributed by atoms with Crippen molar-refractivity contribution in [2.24, 2.45) is 5.92 Å². The first kappa shape index (κ1) is 19.4. The maximum atomic E-state index is 5.89. The summed E-state index contributed by atoms with van der Waals surface area (Å²) in [6, 6.07) is 8.99. The van der Waals surface area contributed by atoms with Gasteiger partial charge in [0.1, 0.15) is 0 Å². The monoisotopic (exact) mass is 332 g/mol. The van der Waals surface area contributed by atoms with Gasteiger partial charge in [-0.2, -0.15) is 0 Å². The summed E-state index contributed by atoms with van der Waals surface area (Å²) in [7, 11) is 0. The number of rotatable bonds is 9. The van der Waals surface area contributed by atoms with E-state index in [-0.39, 0.29) is 0 Å². The van der Waals surface area contributed by atoms with Crippen LogP contribution in [0.4, 0.5) is 0 Å². The van der Waals surface area contributed by atoms with Gasteiger partial charge in [0.05, 0.1) is 12.7 Å². The molecule has 1 aromatic rings. The highest BCUT2D eigenvalue weighted by Gasteiger charge is 2.17. The maximum Gasteiger partial charge on any atom is 0.0720 e. The molecule has 0 bridgehead atoms. The van der Waals surface area contributed by atoms with Crippen molar-refractivity contribution in [3.05, 3.63) is 35.4 Å². The Morgan fingerprint density at radius 2 is 1.50 bits per heavy atom. The third-order valence-corrected chi connectivity index (χ3v) is 4.75. The highest BCUT2D eigenvalue weighted by atomic mass is 16.5. The second kappa shape index (κ2) is 10.2. The highest BCUT2D eigenvalue weighted by molar-refractivity contribution is 5.22. The summed E-state index contributed by atoms with van der Waals surface area (Å²) in [5, 5.41) is 0. The lowest BCUT2D eigenvalue weighted by Gasteiger charge is -2.35. The Balaban J connectivity index is 1.72.